The number of benzene rings is 1. The van der Waals surface area contributed by atoms with Gasteiger partial charge in [-0.05, 0) is 32.4 Å². The predicted molar refractivity (Wildman–Crippen MR) is 81.1 cm³/mol. The zero-order valence-electron chi connectivity index (χ0n) is 12.6. The lowest BCUT2D eigenvalue weighted by molar-refractivity contribution is -0.149. The first kappa shape index (κ1) is 14.9. The predicted octanol–water partition coefficient (Wildman–Crippen LogP) is 2.07. The van der Waals surface area contributed by atoms with Crippen LogP contribution in [0.4, 0.5) is 5.69 Å². The van der Waals surface area contributed by atoms with Crippen molar-refractivity contribution in [1.82, 2.24) is 4.90 Å². The summed E-state index contributed by atoms with van der Waals surface area (Å²) in [5, 5.41) is 0. The lowest BCUT2D eigenvalue weighted by atomic mass is 10.1. The minimum atomic E-state index is -0.144. The van der Waals surface area contributed by atoms with E-state index in [1.807, 2.05) is 13.8 Å². The van der Waals surface area contributed by atoms with E-state index < -0.39 is 0 Å². The molecule has 4 nitrogen and oxygen atoms in total. The second kappa shape index (κ2) is 6.75. The van der Waals surface area contributed by atoms with E-state index >= 15 is 0 Å². The average Bonchev–Trinajstić information content (AvgIpc) is 2.47. The number of para-hydroxylation sites is 1. The first-order valence-corrected chi connectivity index (χ1v) is 7.34. The quantitative estimate of drug-likeness (QED) is 0.788. The first-order chi connectivity index (χ1) is 9.63. The Balaban J connectivity index is 1.92. The minimum absolute atomic E-state index is 0.114. The number of piperazine rings is 1. The molecule has 0 spiro atoms. The zero-order chi connectivity index (χ0) is 14.5. The normalized spacial score (nSPS) is 17.9. The lowest BCUT2D eigenvalue weighted by Crippen LogP contribution is -2.52. The van der Waals surface area contributed by atoms with Crippen molar-refractivity contribution >= 4 is 11.7 Å². The minimum Gasteiger partial charge on any atom is -0.465 e. The Hall–Kier alpha value is -1.55. The van der Waals surface area contributed by atoms with Crippen molar-refractivity contribution in [2.45, 2.75) is 26.8 Å². The molecule has 0 saturated carbocycles. The molecule has 4 heteroatoms. The summed E-state index contributed by atoms with van der Waals surface area (Å²) < 4.78 is 5.09. The van der Waals surface area contributed by atoms with E-state index in [1.165, 1.54) is 11.3 Å². The Labute approximate surface area is 121 Å². The van der Waals surface area contributed by atoms with E-state index in [9.17, 15) is 4.79 Å². The zero-order valence-corrected chi connectivity index (χ0v) is 12.6. The summed E-state index contributed by atoms with van der Waals surface area (Å²) in [5.74, 6) is -0.114. The summed E-state index contributed by atoms with van der Waals surface area (Å²) in [6, 6.07) is 8.31. The SMILES string of the molecule is CCOC(=O)C(C)N1CCN(c2ccccc2C)CC1. The summed E-state index contributed by atoms with van der Waals surface area (Å²) in [6.07, 6.45) is 0. The van der Waals surface area contributed by atoms with Gasteiger partial charge in [0.25, 0.3) is 0 Å². The van der Waals surface area contributed by atoms with Crippen molar-refractivity contribution in [3.8, 4) is 0 Å². The van der Waals surface area contributed by atoms with Crippen molar-refractivity contribution in [2.24, 2.45) is 0 Å². The highest BCUT2D eigenvalue weighted by molar-refractivity contribution is 5.75. The Morgan fingerprint density at radius 2 is 1.90 bits per heavy atom. The number of anilines is 1. The molecular weight excluding hydrogens is 252 g/mol. The molecule has 0 aliphatic carbocycles. The second-order valence-electron chi connectivity index (χ2n) is 5.24. The van der Waals surface area contributed by atoms with Crippen LogP contribution in [0.3, 0.4) is 0 Å². The fourth-order valence-corrected chi connectivity index (χ4v) is 2.68. The van der Waals surface area contributed by atoms with Gasteiger partial charge in [0.15, 0.2) is 0 Å². The molecular formula is C16H24N2O2. The number of ether oxygens (including phenoxy) is 1. The molecule has 1 aliphatic heterocycles. The van der Waals surface area contributed by atoms with Crippen LogP contribution in [0.2, 0.25) is 0 Å². The van der Waals surface area contributed by atoms with Gasteiger partial charge in [0.1, 0.15) is 6.04 Å². The van der Waals surface area contributed by atoms with Crippen molar-refractivity contribution in [3.63, 3.8) is 0 Å². The maximum atomic E-state index is 11.8. The van der Waals surface area contributed by atoms with Gasteiger partial charge in [0.2, 0.25) is 0 Å². The number of rotatable bonds is 4. The van der Waals surface area contributed by atoms with E-state index in [-0.39, 0.29) is 12.0 Å². The molecule has 1 aromatic carbocycles. The smallest absolute Gasteiger partial charge is 0.323 e. The van der Waals surface area contributed by atoms with Gasteiger partial charge in [-0.15, -0.1) is 0 Å². The van der Waals surface area contributed by atoms with E-state index in [0.717, 1.165) is 26.2 Å². The highest BCUT2D eigenvalue weighted by Crippen LogP contribution is 2.21. The maximum absolute atomic E-state index is 11.8. The fraction of sp³-hybridized carbons (Fsp3) is 0.562. The summed E-state index contributed by atoms with van der Waals surface area (Å²) in [4.78, 5) is 16.4. The van der Waals surface area contributed by atoms with Crippen molar-refractivity contribution in [3.05, 3.63) is 29.8 Å². The summed E-state index contributed by atoms with van der Waals surface area (Å²) in [6.45, 7) is 10.1. The third-order valence-electron chi connectivity index (χ3n) is 3.95. The molecule has 1 unspecified atom stereocenters. The third kappa shape index (κ3) is 3.31. The van der Waals surface area contributed by atoms with Crippen molar-refractivity contribution in [2.75, 3.05) is 37.7 Å². The van der Waals surface area contributed by atoms with Gasteiger partial charge in [0, 0.05) is 31.9 Å². The van der Waals surface area contributed by atoms with E-state index in [2.05, 4.69) is 41.0 Å². The average molecular weight is 276 g/mol. The van der Waals surface area contributed by atoms with E-state index in [0.29, 0.717) is 6.61 Å². The van der Waals surface area contributed by atoms with Gasteiger partial charge in [-0.25, -0.2) is 0 Å². The van der Waals surface area contributed by atoms with Gasteiger partial charge in [-0.3, -0.25) is 9.69 Å². The van der Waals surface area contributed by atoms with Crippen LogP contribution < -0.4 is 4.90 Å². The molecule has 2 rings (SSSR count). The van der Waals surface area contributed by atoms with Crippen LogP contribution in [-0.4, -0.2) is 49.7 Å². The number of carbonyl (C=O) groups is 1. The van der Waals surface area contributed by atoms with Gasteiger partial charge in [-0.2, -0.15) is 0 Å². The van der Waals surface area contributed by atoms with Crippen LogP contribution in [0.1, 0.15) is 19.4 Å². The molecule has 1 aromatic rings. The van der Waals surface area contributed by atoms with Crippen LogP contribution in [0.25, 0.3) is 0 Å². The van der Waals surface area contributed by atoms with Gasteiger partial charge in [-0.1, -0.05) is 18.2 Å². The van der Waals surface area contributed by atoms with Crippen LogP contribution in [0.15, 0.2) is 24.3 Å². The molecule has 1 atom stereocenters. The number of aryl methyl sites for hydroxylation is 1. The number of hydrogen-bond acceptors (Lipinski definition) is 4. The molecule has 1 heterocycles. The summed E-state index contributed by atoms with van der Waals surface area (Å²) in [5.41, 5.74) is 2.61. The highest BCUT2D eigenvalue weighted by atomic mass is 16.5. The van der Waals surface area contributed by atoms with Gasteiger partial charge >= 0.3 is 5.97 Å². The topological polar surface area (TPSA) is 32.8 Å². The molecule has 0 N–H and O–H groups in total. The lowest BCUT2D eigenvalue weighted by Gasteiger charge is -2.38. The Morgan fingerprint density at radius 1 is 1.25 bits per heavy atom. The van der Waals surface area contributed by atoms with Crippen molar-refractivity contribution < 1.29 is 9.53 Å². The Bertz CT molecular complexity index is 454. The Kier molecular flexibility index (Phi) is 5.01. The monoisotopic (exact) mass is 276 g/mol. The molecule has 1 saturated heterocycles. The van der Waals surface area contributed by atoms with Crippen molar-refractivity contribution in [1.29, 1.82) is 0 Å². The number of nitrogens with zero attached hydrogens (tertiary/aromatic N) is 2. The third-order valence-corrected chi connectivity index (χ3v) is 3.95. The van der Waals surface area contributed by atoms with Gasteiger partial charge < -0.3 is 9.64 Å². The van der Waals surface area contributed by atoms with Crippen LogP contribution in [0, 0.1) is 6.92 Å². The van der Waals surface area contributed by atoms with Gasteiger partial charge in [0.05, 0.1) is 6.61 Å². The maximum Gasteiger partial charge on any atom is 0.323 e. The summed E-state index contributed by atoms with van der Waals surface area (Å²) >= 11 is 0. The molecule has 20 heavy (non-hydrogen) atoms. The fourth-order valence-electron chi connectivity index (χ4n) is 2.68. The van der Waals surface area contributed by atoms with E-state index in [4.69, 9.17) is 4.74 Å². The van der Waals surface area contributed by atoms with E-state index in [1.54, 1.807) is 0 Å². The highest BCUT2D eigenvalue weighted by Gasteiger charge is 2.26. The molecule has 110 valence electrons. The first-order valence-electron chi connectivity index (χ1n) is 7.34. The molecule has 1 aliphatic rings. The van der Waals surface area contributed by atoms with Crippen LogP contribution in [-0.2, 0) is 9.53 Å². The standard InChI is InChI=1S/C16H24N2O2/c1-4-20-16(19)14(3)17-9-11-18(12-10-17)15-8-6-5-7-13(15)2/h5-8,14H,4,9-12H2,1-3H3. The number of carbonyl (C=O) groups excluding carboxylic acids is 1. The number of esters is 1. The largest absolute Gasteiger partial charge is 0.465 e. The molecule has 0 amide bonds. The molecule has 0 bridgehead atoms. The molecule has 0 radical (unpaired) electrons. The second-order valence-corrected chi connectivity index (χ2v) is 5.24. The summed E-state index contributed by atoms with van der Waals surface area (Å²) in [7, 11) is 0. The van der Waals surface area contributed by atoms with Crippen LogP contribution in [0.5, 0.6) is 0 Å². The Morgan fingerprint density at radius 3 is 2.50 bits per heavy atom. The molecule has 1 fully saturated rings. The molecule has 0 aromatic heterocycles. The number of hydrogen-bond donors (Lipinski definition) is 0. The van der Waals surface area contributed by atoms with Crippen LogP contribution >= 0.6 is 0 Å².